The predicted molar refractivity (Wildman–Crippen MR) is 77.3 cm³/mol. The number of aliphatic hydroxyl groups excluding tert-OH is 1. The van der Waals surface area contributed by atoms with Gasteiger partial charge in [0.25, 0.3) is 0 Å². The molecule has 3 nitrogen and oxygen atoms in total. The van der Waals surface area contributed by atoms with Crippen molar-refractivity contribution in [1.82, 2.24) is 9.55 Å². The average molecular weight is 279 g/mol. The van der Waals surface area contributed by atoms with Crippen molar-refractivity contribution >= 4 is 11.6 Å². The van der Waals surface area contributed by atoms with Crippen molar-refractivity contribution in [2.75, 3.05) is 0 Å². The number of aliphatic hydroxyl groups is 1. The van der Waals surface area contributed by atoms with Crippen LogP contribution in [0.15, 0.2) is 36.7 Å². The molecule has 0 fully saturated rings. The molecule has 1 atom stereocenters. The summed E-state index contributed by atoms with van der Waals surface area (Å²) < 4.78 is 2.03. The van der Waals surface area contributed by atoms with Crippen LogP contribution >= 0.6 is 11.6 Å². The first kappa shape index (κ1) is 14.1. The minimum absolute atomic E-state index is 0.467. The third-order valence-corrected chi connectivity index (χ3v) is 3.46. The molecule has 102 valence electrons. The summed E-state index contributed by atoms with van der Waals surface area (Å²) in [5.74, 6) is 0.763. The minimum Gasteiger partial charge on any atom is -0.385 e. The number of aryl methyl sites for hydroxylation is 2. The Morgan fingerprint density at radius 2 is 2.05 bits per heavy atom. The lowest BCUT2D eigenvalue weighted by Gasteiger charge is -2.11. The molecule has 0 spiro atoms. The number of imidazole rings is 1. The molecule has 1 aromatic heterocycles. The zero-order valence-electron chi connectivity index (χ0n) is 11.1. The zero-order valence-corrected chi connectivity index (χ0v) is 11.8. The fourth-order valence-electron chi connectivity index (χ4n) is 2.09. The molecule has 19 heavy (non-hydrogen) atoms. The summed E-state index contributed by atoms with van der Waals surface area (Å²) in [6.07, 6.45) is 5.91. The Balaban J connectivity index is 1.89. The highest BCUT2D eigenvalue weighted by atomic mass is 35.5. The predicted octanol–water partition coefficient (Wildman–Crippen LogP) is 3.61. The normalized spacial score (nSPS) is 12.6. The molecule has 0 saturated carbocycles. The Labute approximate surface area is 118 Å². The molecular weight excluding hydrogens is 260 g/mol. The average Bonchev–Trinajstić information content (AvgIpc) is 2.88. The lowest BCUT2D eigenvalue weighted by Crippen LogP contribution is -2.08. The van der Waals surface area contributed by atoms with Gasteiger partial charge in [-0.1, -0.05) is 30.7 Å². The van der Waals surface area contributed by atoms with E-state index in [2.05, 4.69) is 17.1 Å². The van der Waals surface area contributed by atoms with Gasteiger partial charge in [0.05, 0.1) is 0 Å². The number of rotatable bonds is 6. The van der Waals surface area contributed by atoms with Crippen molar-refractivity contribution in [3.05, 3.63) is 53.1 Å². The Kier molecular flexibility index (Phi) is 5.00. The van der Waals surface area contributed by atoms with E-state index in [9.17, 15) is 5.11 Å². The molecule has 0 aliphatic carbocycles. The van der Waals surface area contributed by atoms with Crippen molar-refractivity contribution in [3.63, 3.8) is 0 Å². The molecule has 0 bridgehead atoms. The van der Waals surface area contributed by atoms with Crippen molar-refractivity contribution in [2.45, 2.75) is 38.8 Å². The highest BCUT2D eigenvalue weighted by Gasteiger charge is 2.11. The molecule has 1 N–H and O–H groups in total. The van der Waals surface area contributed by atoms with E-state index in [1.807, 2.05) is 29.8 Å². The first-order valence-corrected chi connectivity index (χ1v) is 7.02. The lowest BCUT2D eigenvalue weighted by molar-refractivity contribution is 0.158. The van der Waals surface area contributed by atoms with Crippen LogP contribution in [0.1, 0.15) is 37.3 Å². The zero-order chi connectivity index (χ0) is 13.7. The van der Waals surface area contributed by atoms with E-state index < -0.39 is 6.10 Å². The van der Waals surface area contributed by atoms with Crippen molar-refractivity contribution in [1.29, 1.82) is 0 Å². The number of nitrogens with zero attached hydrogens (tertiary/aromatic N) is 2. The van der Waals surface area contributed by atoms with Crippen LogP contribution in [0, 0.1) is 0 Å². The van der Waals surface area contributed by atoms with E-state index >= 15 is 0 Å². The molecule has 0 aliphatic heterocycles. The van der Waals surface area contributed by atoms with Crippen LogP contribution < -0.4 is 0 Å². The summed E-state index contributed by atoms with van der Waals surface area (Å²) >= 11 is 5.86. The minimum atomic E-state index is -0.467. The summed E-state index contributed by atoms with van der Waals surface area (Å²) in [4.78, 5) is 4.22. The summed E-state index contributed by atoms with van der Waals surface area (Å²) in [7, 11) is 0. The third kappa shape index (κ3) is 3.82. The summed E-state index contributed by atoms with van der Waals surface area (Å²) in [6, 6.07) is 7.94. The van der Waals surface area contributed by atoms with Crippen LogP contribution in [0.2, 0.25) is 5.02 Å². The maximum Gasteiger partial charge on any atom is 0.137 e. The maximum absolute atomic E-state index is 9.85. The van der Waals surface area contributed by atoms with Gasteiger partial charge in [-0.2, -0.15) is 0 Å². The number of aromatic nitrogens is 2. The standard InChI is InChI=1S/C15H19ClN2O/c1-2-14(19)15-17-9-11-18(15)10-3-4-12-5-7-13(16)8-6-12/h5-9,11,14,19H,2-4,10H2,1H3. The van der Waals surface area contributed by atoms with Crippen LogP contribution in [0.4, 0.5) is 0 Å². The number of hydrogen-bond donors (Lipinski definition) is 1. The molecule has 0 aliphatic rings. The largest absolute Gasteiger partial charge is 0.385 e. The molecular formula is C15H19ClN2O. The van der Waals surface area contributed by atoms with Gasteiger partial charge in [0.2, 0.25) is 0 Å². The van der Waals surface area contributed by atoms with Crippen LogP contribution in [0.3, 0.4) is 0 Å². The highest BCUT2D eigenvalue weighted by molar-refractivity contribution is 6.30. The number of benzene rings is 1. The molecule has 0 radical (unpaired) electrons. The summed E-state index contributed by atoms with van der Waals surface area (Å²) in [6.45, 7) is 2.83. The second-order valence-corrected chi connectivity index (χ2v) is 5.07. The SMILES string of the molecule is CCC(O)c1nccn1CCCc1ccc(Cl)cc1. The van der Waals surface area contributed by atoms with E-state index in [1.165, 1.54) is 5.56 Å². The second kappa shape index (κ2) is 6.73. The molecule has 0 amide bonds. The fraction of sp³-hybridized carbons (Fsp3) is 0.400. The number of hydrogen-bond acceptors (Lipinski definition) is 2. The molecule has 0 saturated heterocycles. The van der Waals surface area contributed by atoms with Gasteiger partial charge in [-0.15, -0.1) is 0 Å². The molecule has 1 heterocycles. The van der Waals surface area contributed by atoms with Crippen LogP contribution in [-0.4, -0.2) is 14.7 Å². The van der Waals surface area contributed by atoms with Gasteiger partial charge >= 0.3 is 0 Å². The van der Waals surface area contributed by atoms with Gasteiger partial charge in [0, 0.05) is 24.0 Å². The first-order valence-electron chi connectivity index (χ1n) is 6.64. The van der Waals surface area contributed by atoms with Crippen molar-refractivity contribution in [3.8, 4) is 0 Å². The Morgan fingerprint density at radius 3 is 2.74 bits per heavy atom. The molecule has 1 aromatic carbocycles. The Morgan fingerprint density at radius 1 is 1.32 bits per heavy atom. The van der Waals surface area contributed by atoms with E-state index in [4.69, 9.17) is 11.6 Å². The molecule has 2 aromatic rings. The van der Waals surface area contributed by atoms with Gasteiger partial charge in [0.15, 0.2) is 0 Å². The quantitative estimate of drug-likeness (QED) is 0.876. The van der Waals surface area contributed by atoms with Gasteiger partial charge in [-0.3, -0.25) is 0 Å². The van der Waals surface area contributed by atoms with E-state index in [0.717, 1.165) is 30.2 Å². The molecule has 1 unspecified atom stereocenters. The monoisotopic (exact) mass is 278 g/mol. The maximum atomic E-state index is 9.85. The number of halogens is 1. The fourth-order valence-corrected chi connectivity index (χ4v) is 2.22. The van der Waals surface area contributed by atoms with Crippen LogP contribution in [-0.2, 0) is 13.0 Å². The van der Waals surface area contributed by atoms with Crippen molar-refractivity contribution < 1.29 is 5.11 Å². The first-order chi connectivity index (χ1) is 9.20. The Hall–Kier alpha value is -1.32. The van der Waals surface area contributed by atoms with Gasteiger partial charge in [-0.05, 0) is 37.0 Å². The van der Waals surface area contributed by atoms with Gasteiger partial charge in [-0.25, -0.2) is 4.98 Å². The smallest absolute Gasteiger partial charge is 0.137 e. The molecule has 4 heteroatoms. The third-order valence-electron chi connectivity index (χ3n) is 3.21. The van der Waals surface area contributed by atoms with Gasteiger partial charge in [0.1, 0.15) is 11.9 Å². The van der Waals surface area contributed by atoms with E-state index in [-0.39, 0.29) is 0 Å². The highest BCUT2D eigenvalue weighted by Crippen LogP contribution is 2.15. The summed E-state index contributed by atoms with van der Waals surface area (Å²) in [5.41, 5.74) is 1.28. The topological polar surface area (TPSA) is 38.1 Å². The van der Waals surface area contributed by atoms with E-state index in [0.29, 0.717) is 6.42 Å². The van der Waals surface area contributed by atoms with Crippen LogP contribution in [0.5, 0.6) is 0 Å². The summed E-state index contributed by atoms with van der Waals surface area (Å²) in [5, 5.41) is 10.6. The van der Waals surface area contributed by atoms with Crippen molar-refractivity contribution in [2.24, 2.45) is 0 Å². The Bertz CT molecular complexity index is 507. The second-order valence-electron chi connectivity index (χ2n) is 4.63. The molecule has 2 rings (SSSR count). The van der Waals surface area contributed by atoms with E-state index in [1.54, 1.807) is 6.20 Å². The van der Waals surface area contributed by atoms with Crippen LogP contribution in [0.25, 0.3) is 0 Å². The lowest BCUT2D eigenvalue weighted by atomic mass is 10.1. The van der Waals surface area contributed by atoms with Gasteiger partial charge < -0.3 is 9.67 Å².